The second-order valence-electron chi connectivity index (χ2n) is 20.9. The number of rotatable bonds is 8. The van der Waals surface area contributed by atoms with Gasteiger partial charge in [0.05, 0.1) is 22.1 Å². The van der Waals surface area contributed by atoms with Crippen molar-refractivity contribution < 1.29 is 0 Å². The third-order valence-corrected chi connectivity index (χ3v) is 17.1. The molecule has 3 aromatic heterocycles. The molecule has 1 aliphatic rings. The number of hydrogen-bond acceptors (Lipinski definition) is 3. The number of hydrogen-bond donors (Lipinski definition) is 0. The molecule has 0 bridgehead atoms. The van der Waals surface area contributed by atoms with Gasteiger partial charge in [0.15, 0.2) is 0 Å². The van der Waals surface area contributed by atoms with Crippen LogP contribution in [0.1, 0.15) is 33.4 Å². The Morgan fingerprint density at radius 3 is 1.22 bits per heavy atom. The summed E-state index contributed by atoms with van der Waals surface area (Å²) in [7, 11) is 0. The molecule has 0 unspecified atom stereocenters. The minimum atomic E-state index is 0.901. The Morgan fingerprint density at radius 2 is 0.697 bits per heavy atom. The molecule has 0 N–H and O–H groups in total. The smallest absolute Gasteiger partial charge is 0.0542 e. The van der Waals surface area contributed by atoms with Crippen LogP contribution in [0.5, 0.6) is 0 Å². The summed E-state index contributed by atoms with van der Waals surface area (Å²) >= 11 is 1.90. The van der Waals surface area contributed by atoms with E-state index in [0.29, 0.717) is 0 Å². The molecule has 362 valence electrons. The van der Waals surface area contributed by atoms with Crippen LogP contribution in [0.3, 0.4) is 0 Å². The van der Waals surface area contributed by atoms with Crippen LogP contribution in [0.4, 0.5) is 34.1 Å². The average Bonchev–Trinajstić information content (AvgIpc) is 4.23. The molecule has 0 aliphatic heterocycles. The quantitative estimate of drug-likeness (QED) is 0.151. The van der Waals surface area contributed by atoms with Crippen LogP contribution in [0.25, 0.3) is 86.3 Å². The van der Waals surface area contributed by atoms with Gasteiger partial charge >= 0.3 is 0 Å². The van der Waals surface area contributed by atoms with E-state index in [9.17, 15) is 0 Å². The Morgan fingerprint density at radius 1 is 0.303 bits per heavy atom. The number of fused-ring (bicyclic) bond motifs is 12. The number of anilines is 6. The number of aromatic nitrogens is 2. The highest BCUT2D eigenvalue weighted by molar-refractivity contribution is 7.25. The molecular weight excluding hydrogens is 941 g/mol. The second kappa shape index (κ2) is 17.2. The summed E-state index contributed by atoms with van der Waals surface area (Å²) in [5.74, 6) is 0. The van der Waals surface area contributed by atoms with Crippen molar-refractivity contribution in [1.82, 2.24) is 9.13 Å². The standard InChI is InChI=1S/C71H52N4S/c1-44-13-22-50(23-14-44)72(55-31-34-68-62(40-55)58-9-5-7-11-66(58)74(68)52-26-17-46(3)18-27-52)54-30-21-48-37-49-38-64-65-42-57(33-36-70(65)76-71(64)43-61(49)60(48)39-54)73(51-24-15-45(2)16-25-51)56-32-35-69-63(41-56)59-10-6-8-12-67(59)75(69)53-28-19-47(4)20-29-53/h5-36,38-43H,37H2,1-4H3. The molecule has 11 aromatic carbocycles. The first-order valence-corrected chi connectivity index (χ1v) is 27.2. The van der Waals surface area contributed by atoms with E-state index in [1.54, 1.807) is 0 Å². The summed E-state index contributed by atoms with van der Waals surface area (Å²) in [5, 5.41) is 7.56. The monoisotopic (exact) mass is 992 g/mol. The molecule has 0 saturated heterocycles. The highest BCUT2D eigenvalue weighted by Gasteiger charge is 2.25. The average molecular weight is 993 g/mol. The lowest BCUT2D eigenvalue weighted by molar-refractivity contribution is 1.17. The van der Waals surface area contributed by atoms with E-state index in [4.69, 9.17) is 0 Å². The molecule has 76 heavy (non-hydrogen) atoms. The van der Waals surface area contributed by atoms with Gasteiger partial charge in [-0.15, -0.1) is 11.3 Å². The molecule has 4 nitrogen and oxygen atoms in total. The zero-order valence-corrected chi connectivity index (χ0v) is 43.7. The van der Waals surface area contributed by atoms with Gasteiger partial charge in [0, 0.05) is 87.2 Å². The molecule has 0 amide bonds. The molecule has 15 rings (SSSR count). The Labute approximate surface area is 446 Å². The first-order valence-electron chi connectivity index (χ1n) is 26.3. The van der Waals surface area contributed by atoms with Crippen molar-refractivity contribution in [2.24, 2.45) is 0 Å². The second-order valence-corrected chi connectivity index (χ2v) is 22.0. The topological polar surface area (TPSA) is 16.3 Å². The number of para-hydroxylation sites is 2. The summed E-state index contributed by atoms with van der Waals surface area (Å²) in [6, 6.07) is 86.4. The maximum Gasteiger partial charge on any atom is 0.0542 e. The van der Waals surface area contributed by atoms with Crippen molar-refractivity contribution >= 4 is 109 Å². The summed E-state index contributed by atoms with van der Waals surface area (Å²) in [6.07, 6.45) is 0.901. The van der Waals surface area contributed by atoms with Gasteiger partial charge in [-0.25, -0.2) is 0 Å². The predicted octanol–water partition coefficient (Wildman–Crippen LogP) is 20.0. The van der Waals surface area contributed by atoms with Crippen LogP contribution in [-0.2, 0) is 6.42 Å². The fraction of sp³-hybridized carbons (Fsp3) is 0.0704. The number of thiophene rings is 1. The molecule has 0 fully saturated rings. The summed E-state index contributed by atoms with van der Waals surface area (Å²) in [4.78, 5) is 4.87. The van der Waals surface area contributed by atoms with Gasteiger partial charge in [0.1, 0.15) is 0 Å². The Kier molecular flexibility index (Phi) is 10.0. The van der Waals surface area contributed by atoms with Crippen molar-refractivity contribution in [2.45, 2.75) is 34.1 Å². The summed E-state index contributed by atoms with van der Waals surface area (Å²) in [6.45, 7) is 8.62. The molecule has 1 aliphatic carbocycles. The molecular formula is C71H52N4S. The third kappa shape index (κ3) is 7.11. The summed E-state index contributed by atoms with van der Waals surface area (Å²) < 4.78 is 7.40. The van der Waals surface area contributed by atoms with Crippen LogP contribution < -0.4 is 9.80 Å². The molecule has 0 saturated carbocycles. The largest absolute Gasteiger partial charge is 0.310 e. The van der Waals surface area contributed by atoms with Crippen molar-refractivity contribution in [3.05, 3.63) is 264 Å². The lowest BCUT2D eigenvalue weighted by Crippen LogP contribution is -2.10. The molecule has 3 heterocycles. The van der Waals surface area contributed by atoms with Gasteiger partial charge in [-0.2, -0.15) is 0 Å². The number of benzene rings is 11. The normalized spacial score (nSPS) is 12.2. The molecule has 5 heteroatoms. The first kappa shape index (κ1) is 44.3. The Balaban J connectivity index is 0.834. The van der Waals surface area contributed by atoms with E-state index in [1.807, 2.05) is 11.3 Å². The van der Waals surface area contributed by atoms with Gasteiger partial charge in [-0.05, 0) is 196 Å². The van der Waals surface area contributed by atoms with Crippen LogP contribution in [0, 0.1) is 27.7 Å². The van der Waals surface area contributed by atoms with E-state index in [-0.39, 0.29) is 0 Å². The third-order valence-electron chi connectivity index (χ3n) is 16.0. The highest BCUT2D eigenvalue weighted by Crippen LogP contribution is 2.49. The van der Waals surface area contributed by atoms with Crippen molar-refractivity contribution in [1.29, 1.82) is 0 Å². The predicted molar refractivity (Wildman–Crippen MR) is 325 cm³/mol. The highest BCUT2D eigenvalue weighted by atomic mass is 32.1. The first-order chi connectivity index (χ1) is 37.3. The Bertz CT molecular complexity index is 4630. The minimum Gasteiger partial charge on any atom is -0.310 e. The maximum atomic E-state index is 2.49. The maximum absolute atomic E-state index is 2.49. The lowest BCUT2D eigenvalue weighted by atomic mass is 10.0. The molecule has 0 radical (unpaired) electrons. The van der Waals surface area contributed by atoms with Gasteiger partial charge in [-0.1, -0.05) is 113 Å². The SMILES string of the molecule is Cc1ccc(N(c2ccc3c(c2)-c2cc4sc5ccc(N(c6ccc(C)cc6)c6ccc7c(c6)c6ccccc6n7-c6ccc(C)cc6)cc5c4cc2C3)c2ccc3c(c2)c2ccccc2n3-c2ccc(C)cc2)cc1. The van der Waals surface area contributed by atoms with Gasteiger partial charge in [0.2, 0.25) is 0 Å². The van der Waals surface area contributed by atoms with E-state index in [0.717, 1.165) is 40.5 Å². The van der Waals surface area contributed by atoms with E-state index in [1.165, 1.54) is 120 Å². The van der Waals surface area contributed by atoms with E-state index < -0.39 is 0 Å². The fourth-order valence-electron chi connectivity index (χ4n) is 12.1. The van der Waals surface area contributed by atoms with Gasteiger partial charge < -0.3 is 18.9 Å². The zero-order chi connectivity index (χ0) is 50.8. The van der Waals surface area contributed by atoms with Gasteiger partial charge in [-0.3, -0.25) is 0 Å². The van der Waals surface area contributed by atoms with E-state index >= 15 is 0 Å². The van der Waals surface area contributed by atoms with Crippen molar-refractivity contribution in [2.75, 3.05) is 9.80 Å². The zero-order valence-electron chi connectivity index (χ0n) is 42.8. The number of nitrogens with zero attached hydrogens (tertiary/aromatic N) is 4. The van der Waals surface area contributed by atoms with Gasteiger partial charge in [0.25, 0.3) is 0 Å². The fourth-order valence-corrected chi connectivity index (χ4v) is 13.2. The number of aryl methyl sites for hydroxylation is 4. The minimum absolute atomic E-state index is 0.901. The molecule has 0 atom stereocenters. The van der Waals surface area contributed by atoms with Crippen LogP contribution in [-0.4, -0.2) is 9.13 Å². The van der Waals surface area contributed by atoms with Crippen molar-refractivity contribution in [3.63, 3.8) is 0 Å². The van der Waals surface area contributed by atoms with Crippen LogP contribution >= 0.6 is 11.3 Å². The molecule has 0 spiro atoms. The van der Waals surface area contributed by atoms with Crippen molar-refractivity contribution in [3.8, 4) is 22.5 Å². The van der Waals surface area contributed by atoms with Crippen LogP contribution in [0.15, 0.2) is 231 Å². The molecule has 14 aromatic rings. The van der Waals surface area contributed by atoms with E-state index in [2.05, 4.69) is 277 Å². The Hall–Kier alpha value is -9.16. The summed E-state index contributed by atoms with van der Waals surface area (Å²) in [5.41, 5.74) is 24.3. The van der Waals surface area contributed by atoms with Crippen LogP contribution in [0.2, 0.25) is 0 Å². The lowest BCUT2D eigenvalue weighted by Gasteiger charge is -2.26.